The molecule has 0 aliphatic carbocycles. The highest BCUT2D eigenvalue weighted by molar-refractivity contribution is 4.79. The van der Waals surface area contributed by atoms with Crippen LogP contribution in [0.3, 0.4) is 0 Å². The third-order valence-corrected chi connectivity index (χ3v) is 2.96. The lowest BCUT2D eigenvalue weighted by atomic mass is 10.2. The quantitative estimate of drug-likeness (QED) is 0.671. The van der Waals surface area contributed by atoms with E-state index in [2.05, 4.69) is 24.1 Å². The molecule has 2 unspecified atom stereocenters. The van der Waals surface area contributed by atoms with E-state index in [0.29, 0.717) is 18.7 Å². The normalized spacial score (nSPS) is 31.6. The first kappa shape index (κ1) is 11.0. The number of nitrogens with one attached hydrogen (secondary N) is 1. The molecule has 1 fully saturated rings. The number of rotatable bonds is 3. The lowest BCUT2D eigenvalue weighted by molar-refractivity contribution is 0.197. The number of aliphatic hydroxyl groups excluding tert-OH is 1. The fraction of sp³-hybridized carbons (Fsp3) is 1.00. The van der Waals surface area contributed by atoms with Gasteiger partial charge in [-0.2, -0.15) is 0 Å². The molecule has 2 atom stereocenters. The Labute approximate surface area is 81.1 Å². The summed E-state index contributed by atoms with van der Waals surface area (Å²) in [6.45, 7) is 8.07. The van der Waals surface area contributed by atoms with Crippen LogP contribution < -0.4 is 5.32 Å². The summed E-state index contributed by atoms with van der Waals surface area (Å²) in [7, 11) is 0. The van der Waals surface area contributed by atoms with Crippen LogP contribution in [0.5, 0.6) is 0 Å². The van der Waals surface area contributed by atoms with Crippen LogP contribution in [0.15, 0.2) is 0 Å². The van der Waals surface area contributed by atoms with Crippen molar-refractivity contribution >= 4 is 0 Å². The molecule has 0 spiro atoms. The van der Waals surface area contributed by atoms with Crippen molar-refractivity contribution in [3.63, 3.8) is 0 Å². The maximum absolute atomic E-state index is 8.88. The molecular weight excluding hydrogens is 164 g/mol. The standard InChI is InChI=1S/C10H22N2O/c1-3-12-8-10(5-7-13)11-6-4-9(12)2/h9-11,13H,3-8H2,1-2H3. The van der Waals surface area contributed by atoms with Crippen LogP contribution in [-0.4, -0.2) is 48.3 Å². The number of likely N-dealkylation sites (N-methyl/N-ethyl adjacent to an activating group) is 1. The molecule has 0 aromatic heterocycles. The SMILES string of the molecule is CCN1CC(CCO)NCCC1C. The zero-order chi connectivity index (χ0) is 9.68. The highest BCUT2D eigenvalue weighted by atomic mass is 16.3. The summed E-state index contributed by atoms with van der Waals surface area (Å²) < 4.78 is 0. The highest BCUT2D eigenvalue weighted by Gasteiger charge is 2.20. The predicted molar refractivity (Wildman–Crippen MR) is 54.8 cm³/mol. The second-order valence-corrected chi connectivity index (χ2v) is 3.89. The smallest absolute Gasteiger partial charge is 0.0446 e. The molecule has 1 aliphatic rings. The topological polar surface area (TPSA) is 35.5 Å². The van der Waals surface area contributed by atoms with Crippen molar-refractivity contribution in [2.24, 2.45) is 0 Å². The van der Waals surface area contributed by atoms with E-state index < -0.39 is 0 Å². The lowest BCUT2D eigenvalue weighted by Gasteiger charge is -2.27. The Morgan fingerprint density at radius 3 is 2.92 bits per heavy atom. The first-order chi connectivity index (χ1) is 6.27. The molecule has 1 saturated heterocycles. The van der Waals surface area contributed by atoms with E-state index in [1.807, 2.05) is 0 Å². The minimum absolute atomic E-state index is 0.295. The molecule has 1 aliphatic heterocycles. The molecule has 78 valence electrons. The van der Waals surface area contributed by atoms with Crippen molar-refractivity contribution in [2.45, 2.75) is 38.8 Å². The Hall–Kier alpha value is -0.120. The fourth-order valence-corrected chi connectivity index (χ4v) is 2.00. The number of hydrogen-bond acceptors (Lipinski definition) is 3. The first-order valence-electron chi connectivity index (χ1n) is 5.36. The zero-order valence-electron chi connectivity index (χ0n) is 8.79. The molecule has 13 heavy (non-hydrogen) atoms. The van der Waals surface area contributed by atoms with Gasteiger partial charge in [-0.05, 0) is 32.9 Å². The number of hydrogen-bond donors (Lipinski definition) is 2. The van der Waals surface area contributed by atoms with Gasteiger partial charge in [-0.15, -0.1) is 0 Å². The van der Waals surface area contributed by atoms with Gasteiger partial charge < -0.3 is 10.4 Å². The van der Waals surface area contributed by atoms with Gasteiger partial charge in [0.25, 0.3) is 0 Å². The van der Waals surface area contributed by atoms with Gasteiger partial charge in [-0.25, -0.2) is 0 Å². The monoisotopic (exact) mass is 186 g/mol. The van der Waals surface area contributed by atoms with E-state index in [1.165, 1.54) is 6.42 Å². The molecule has 3 heteroatoms. The van der Waals surface area contributed by atoms with E-state index in [4.69, 9.17) is 5.11 Å². The molecule has 2 N–H and O–H groups in total. The molecule has 0 aromatic carbocycles. The van der Waals surface area contributed by atoms with Gasteiger partial charge in [0.05, 0.1) is 0 Å². The van der Waals surface area contributed by atoms with Crippen molar-refractivity contribution in [2.75, 3.05) is 26.2 Å². The Balaban J connectivity index is 2.43. The van der Waals surface area contributed by atoms with Crippen LogP contribution in [-0.2, 0) is 0 Å². The molecular formula is C10H22N2O. The van der Waals surface area contributed by atoms with Crippen molar-refractivity contribution in [1.29, 1.82) is 0 Å². The van der Waals surface area contributed by atoms with Crippen LogP contribution in [0.2, 0.25) is 0 Å². The van der Waals surface area contributed by atoms with Crippen molar-refractivity contribution in [1.82, 2.24) is 10.2 Å². The van der Waals surface area contributed by atoms with Crippen LogP contribution in [0.4, 0.5) is 0 Å². The van der Waals surface area contributed by atoms with Crippen molar-refractivity contribution < 1.29 is 5.11 Å². The minimum atomic E-state index is 0.295. The van der Waals surface area contributed by atoms with Gasteiger partial charge in [0.2, 0.25) is 0 Å². The maximum atomic E-state index is 8.88. The van der Waals surface area contributed by atoms with Crippen molar-refractivity contribution in [3.05, 3.63) is 0 Å². The largest absolute Gasteiger partial charge is 0.396 e. The zero-order valence-corrected chi connectivity index (χ0v) is 8.79. The summed E-state index contributed by atoms with van der Waals surface area (Å²) in [5.74, 6) is 0. The fourth-order valence-electron chi connectivity index (χ4n) is 2.00. The Bertz CT molecular complexity index is 141. The van der Waals surface area contributed by atoms with E-state index in [0.717, 1.165) is 26.1 Å². The predicted octanol–water partition coefficient (Wildman–Crippen LogP) is 0.441. The summed E-state index contributed by atoms with van der Waals surface area (Å²) >= 11 is 0. The van der Waals surface area contributed by atoms with Gasteiger partial charge >= 0.3 is 0 Å². The molecule has 0 amide bonds. The first-order valence-corrected chi connectivity index (χ1v) is 5.36. The van der Waals surface area contributed by atoms with Gasteiger partial charge in [-0.3, -0.25) is 4.90 Å². The molecule has 0 aromatic rings. The van der Waals surface area contributed by atoms with Crippen LogP contribution in [0, 0.1) is 0 Å². The van der Waals surface area contributed by atoms with Gasteiger partial charge in [0.15, 0.2) is 0 Å². The van der Waals surface area contributed by atoms with Crippen molar-refractivity contribution in [3.8, 4) is 0 Å². The van der Waals surface area contributed by atoms with Gasteiger partial charge in [0, 0.05) is 25.2 Å². The van der Waals surface area contributed by atoms with E-state index in [9.17, 15) is 0 Å². The molecule has 0 radical (unpaired) electrons. The van der Waals surface area contributed by atoms with E-state index in [1.54, 1.807) is 0 Å². The minimum Gasteiger partial charge on any atom is -0.396 e. The second-order valence-electron chi connectivity index (χ2n) is 3.89. The molecule has 0 saturated carbocycles. The van der Waals surface area contributed by atoms with Crippen LogP contribution in [0.1, 0.15) is 26.7 Å². The highest BCUT2D eigenvalue weighted by Crippen LogP contribution is 2.09. The molecule has 0 bridgehead atoms. The van der Waals surface area contributed by atoms with Crippen LogP contribution in [0.25, 0.3) is 0 Å². The Morgan fingerprint density at radius 2 is 2.31 bits per heavy atom. The lowest BCUT2D eigenvalue weighted by Crippen LogP contribution is -2.40. The summed E-state index contributed by atoms with van der Waals surface area (Å²) in [4.78, 5) is 2.49. The third kappa shape index (κ3) is 3.25. The van der Waals surface area contributed by atoms with E-state index in [-0.39, 0.29) is 0 Å². The summed E-state index contributed by atoms with van der Waals surface area (Å²) in [5.41, 5.74) is 0. The average molecular weight is 186 g/mol. The molecule has 1 heterocycles. The average Bonchev–Trinajstić information content (AvgIpc) is 2.29. The third-order valence-electron chi connectivity index (χ3n) is 2.96. The van der Waals surface area contributed by atoms with E-state index >= 15 is 0 Å². The second kappa shape index (κ2) is 5.58. The Morgan fingerprint density at radius 1 is 1.54 bits per heavy atom. The summed E-state index contributed by atoms with van der Waals surface area (Å²) in [6.07, 6.45) is 2.10. The van der Waals surface area contributed by atoms with Gasteiger partial charge in [0.1, 0.15) is 0 Å². The molecule has 3 nitrogen and oxygen atoms in total. The maximum Gasteiger partial charge on any atom is 0.0446 e. The summed E-state index contributed by atoms with van der Waals surface area (Å²) in [6, 6.07) is 1.16. The number of nitrogens with zero attached hydrogens (tertiary/aromatic N) is 1. The van der Waals surface area contributed by atoms with Crippen LogP contribution >= 0.6 is 0 Å². The Kier molecular flexibility index (Phi) is 4.70. The summed E-state index contributed by atoms with van der Waals surface area (Å²) in [5, 5.41) is 12.4. The molecule has 1 rings (SSSR count). The number of aliphatic hydroxyl groups is 1. The van der Waals surface area contributed by atoms with Gasteiger partial charge in [-0.1, -0.05) is 6.92 Å².